The average molecular weight is 508 g/mol. The number of hydrogen-bond acceptors (Lipinski definition) is 8. The van der Waals surface area contributed by atoms with E-state index < -0.39 is 0 Å². The lowest BCUT2D eigenvalue weighted by molar-refractivity contribution is -0.117. The van der Waals surface area contributed by atoms with Crippen molar-refractivity contribution in [3.8, 4) is 10.6 Å². The molecular formula is C21H23Cl2N7O2S. The highest BCUT2D eigenvalue weighted by Gasteiger charge is 2.18. The van der Waals surface area contributed by atoms with Crippen molar-refractivity contribution in [1.29, 1.82) is 0 Å². The van der Waals surface area contributed by atoms with E-state index in [2.05, 4.69) is 42.7 Å². The average Bonchev–Trinajstić information content (AvgIpc) is 3.26. The molecule has 9 nitrogen and oxygen atoms in total. The van der Waals surface area contributed by atoms with Gasteiger partial charge in [-0.15, -0.1) is 22.6 Å². The smallest absolute Gasteiger partial charge is 0.257 e. The summed E-state index contributed by atoms with van der Waals surface area (Å²) in [6.07, 6.45) is 3.36. The van der Waals surface area contributed by atoms with Crippen LogP contribution in [0.4, 0.5) is 10.8 Å². The van der Waals surface area contributed by atoms with Crippen molar-refractivity contribution in [3.05, 3.63) is 53.3 Å². The molecule has 1 aliphatic heterocycles. The summed E-state index contributed by atoms with van der Waals surface area (Å²) in [6, 6.07) is 8.42. The van der Waals surface area contributed by atoms with Gasteiger partial charge in [-0.3, -0.25) is 24.8 Å². The van der Waals surface area contributed by atoms with E-state index in [1.807, 2.05) is 12.1 Å². The van der Waals surface area contributed by atoms with Crippen LogP contribution in [0.25, 0.3) is 10.6 Å². The van der Waals surface area contributed by atoms with Crippen molar-refractivity contribution in [1.82, 2.24) is 25.0 Å². The zero-order valence-electron chi connectivity index (χ0n) is 17.8. The summed E-state index contributed by atoms with van der Waals surface area (Å²) in [4.78, 5) is 33.6. The van der Waals surface area contributed by atoms with E-state index in [9.17, 15) is 9.59 Å². The molecular weight excluding hydrogens is 485 g/mol. The molecule has 1 saturated heterocycles. The Kier molecular flexibility index (Phi) is 8.70. The summed E-state index contributed by atoms with van der Waals surface area (Å²) in [5, 5.41) is 15.0. The van der Waals surface area contributed by atoms with Crippen molar-refractivity contribution < 1.29 is 9.59 Å². The van der Waals surface area contributed by atoms with Gasteiger partial charge in [-0.1, -0.05) is 22.9 Å². The van der Waals surface area contributed by atoms with Gasteiger partial charge in [0, 0.05) is 49.7 Å². The third kappa shape index (κ3) is 6.68. The van der Waals surface area contributed by atoms with Crippen molar-refractivity contribution >= 4 is 58.0 Å². The van der Waals surface area contributed by atoms with Crippen molar-refractivity contribution in [2.75, 3.05) is 50.4 Å². The predicted octanol–water partition coefficient (Wildman–Crippen LogP) is 3.11. The number of amides is 2. The van der Waals surface area contributed by atoms with Gasteiger partial charge >= 0.3 is 0 Å². The van der Waals surface area contributed by atoms with Gasteiger partial charge in [0.2, 0.25) is 11.0 Å². The lowest BCUT2D eigenvalue weighted by atomic mass is 10.2. The van der Waals surface area contributed by atoms with Crippen LogP contribution < -0.4 is 10.6 Å². The fraction of sp³-hybridized carbons (Fsp3) is 0.286. The van der Waals surface area contributed by atoms with E-state index in [1.54, 1.807) is 30.6 Å². The maximum atomic E-state index is 12.7. The minimum absolute atomic E-state index is 0. The number of aromatic nitrogens is 3. The zero-order chi connectivity index (χ0) is 22.5. The Bertz CT molecular complexity index is 1110. The first-order chi connectivity index (χ1) is 15.5. The third-order valence-electron chi connectivity index (χ3n) is 5.02. The SMILES string of the molecule is CN1CCN(CC(=O)Nc2cc(C(=O)Nc3nnc(-c4cccnc4)s3)ccc2Cl)CC1.Cl. The quantitative estimate of drug-likeness (QED) is 0.528. The van der Waals surface area contributed by atoms with E-state index in [1.165, 1.54) is 11.3 Å². The van der Waals surface area contributed by atoms with Crippen LogP contribution in [0.15, 0.2) is 42.7 Å². The molecule has 0 bridgehead atoms. The van der Waals surface area contributed by atoms with Gasteiger partial charge in [-0.2, -0.15) is 0 Å². The van der Waals surface area contributed by atoms with E-state index in [0.29, 0.717) is 26.4 Å². The Morgan fingerprint density at radius 1 is 1.12 bits per heavy atom. The van der Waals surface area contributed by atoms with Gasteiger partial charge in [0.1, 0.15) is 0 Å². The van der Waals surface area contributed by atoms with Gasteiger partial charge in [0.15, 0.2) is 5.01 Å². The Labute approximate surface area is 206 Å². The summed E-state index contributed by atoms with van der Waals surface area (Å²) < 4.78 is 0. The summed E-state index contributed by atoms with van der Waals surface area (Å²) in [5.41, 5.74) is 1.57. The molecule has 1 aliphatic rings. The van der Waals surface area contributed by atoms with E-state index >= 15 is 0 Å². The standard InChI is InChI=1S/C21H22ClN7O2S.ClH/c1-28-7-9-29(10-8-28)13-18(30)24-17-11-14(4-5-16(17)22)19(31)25-21-27-26-20(32-21)15-3-2-6-23-12-15;/h2-6,11-12H,7-10,13H2,1H3,(H,24,30)(H,25,27,31);1H. The molecule has 0 radical (unpaired) electrons. The van der Waals surface area contributed by atoms with Crippen LogP contribution in [0, 0.1) is 0 Å². The van der Waals surface area contributed by atoms with E-state index in [-0.39, 0.29) is 30.8 Å². The van der Waals surface area contributed by atoms with Gasteiger partial charge in [-0.05, 0) is 37.4 Å². The van der Waals surface area contributed by atoms with Crippen LogP contribution in [-0.4, -0.2) is 76.6 Å². The molecule has 0 aliphatic carbocycles. The van der Waals surface area contributed by atoms with Gasteiger partial charge in [-0.25, -0.2) is 0 Å². The third-order valence-corrected chi connectivity index (χ3v) is 6.24. The molecule has 2 aromatic heterocycles. The Balaban J connectivity index is 0.00000306. The molecule has 0 spiro atoms. The number of hydrogen-bond donors (Lipinski definition) is 2. The van der Waals surface area contributed by atoms with E-state index in [4.69, 9.17) is 11.6 Å². The topological polar surface area (TPSA) is 103 Å². The molecule has 0 unspecified atom stereocenters. The molecule has 1 fully saturated rings. The van der Waals surface area contributed by atoms with Crippen LogP contribution in [0.1, 0.15) is 10.4 Å². The monoisotopic (exact) mass is 507 g/mol. The number of carbonyl (C=O) groups is 2. The number of halogens is 2. The summed E-state index contributed by atoms with van der Waals surface area (Å²) in [5.74, 6) is -0.538. The molecule has 33 heavy (non-hydrogen) atoms. The van der Waals surface area contributed by atoms with Crippen LogP contribution in [0.5, 0.6) is 0 Å². The lowest BCUT2D eigenvalue weighted by Gasteiger charge is -2.31. The number of nitrogens with zero attached hydrogens (tertiary/aromatic N) is 5. The van der Waals surface area contributed by atoms with Crippen LogP contribution >= 0.6 is 35.3 Å². The minimum atomic E-state index is -0.370. The molecule has 2 N–H and O–H groups in total. The first-order valence-corrected chi connectivity index (χ1v) is 11.2. The van der Waals surface area contributed by atoms with Gasteiger partial charge in [0.25, 0.3) is 5.91 Å². The Morgan fingerprint density at radius 3 is 2.64 bits per heavy atom. The number of piperazine rings is 1. The second-order valence-corrected chi connectivity index (χ2v) is 8.82. The summed E-state index contributed by atoms with van der Waals surface area (Å²) in [7, 11) is 2.06. The second kappa shape index (κ2) is 11.5. The maximum Gasteiger partial charge on any atom is 0.257 e. The molecule has 1 aromatic carbocycles. The molecule has 0 saturated carbocycles. The highest BCUT2D eigenvalue weighted by Crippen LogP contribution is 2.27. The minimum Gasteiger partial charge on any atom is -0.324 e. The molecule has 3 heterocycles. The highest BCUT2D eigenvalue weighted by molar-refractivity contribution is 7.18. The largest absolute Gasteiger partial charge is 0.324 e. The number of likely N-dealkylation sites (N-methyl/N-ethyl adjacent to an activating group) is 1. The number of pyridine rings is 1. The summed E-state index contributed by atoms with van der Waals surface area (Å²) >= 11 is 7.49. The number of nitrogens with one attached hydrogen (secondary N) is 2. The number of rotatable bonds is 6. The van der Waals surface area contributed by atoms with Crippen LogP contribution in [0.3, 0.4) is 0 Å². The normalized spacial score (nSPS) is 14.4. The number of anilines is 2. The second-order valence-electron chi connectivity index (χ2n) is 7.43. The number of benzene rings is 1. The molecule has 0 atom stereocenters. The first kappa shape index (κ1) is 25.0. The lowest BCUT2D eigenvalue weighted by Crippen LogP contribution is -2.47. The fourth-order valence-corrected chi connectivity index (χ4v) is 4.10. The highest BCUT2D eigenvalue weighted by atomic mass is 35.5. The zero-order valence-corrected chi connectivity index (χ0v) is 20.2. The van der Waals surface area contributed by atoms with Crippen LogP contribution in [-0.2, 0) is 4.79 Å². The molecule has 2 amide bonds. The summed E-state index contributed by atoms with van der Waals surface area (Å²) in [6.45, 7) is 3.81. The molecule has 174 valence electrons. The molecule has 4 rings (SSSR count). The Hall–Kier alpha value is -2.63. The molecule has 12 heteroatoms. The van der Waals surface area contributed by atoms with Gasteiger partial charge in [0.05, 0.1) is 17.3 Å². The van der Waals surface area contributed by atoms with Crippen molar-refractivity contribution in [3.63, 3.8) is 0 Å². The maximum absolute atomic E-state index is 12.7. The van der Waals surface area contributed by atoms with E-state index in [0.717, 1.165) is 31.7 Å². The van der Waals surface area contributed by atoms with Crippen molar-refractivity contribution in [2.24, 2.45) is 0 Å². The first-order valence-electron chi connectivity index (χ1n) is 10.0. The number of carbonyl (C=O) groups excluding carboxylic acids is 2. The molecule has 3 aromatic rings. The fourth-order valence-electron chi connectivity index (χ4n) is 3.21. The van der Waals surface area contributed by atoms with Crippen molar-refractivity contribution in [2.45, 2.75) is 0 Å². The van der Waals surface area contributed by atoms with Crippen LogP contribution in [0.2, 0.25) is 5.02 Å². The van der Waals surface area contributed by atoms with Gasteiger partial charge < -0.3 is 10.2 Å². The predicted molar refractivity (Wildman–Crippen MR) is 132 cm³/mol. The Morgan fingerprint density at radius 2 is 1.91 bits per heavy atom.